The third-order valence-electron chi connectivity index (χ3n) is 4.06. The van der Waals surface area contributed by atoms with Crippen molar-refractivity contribution < 1.29 is 13.9 Å². The molecule has 3 heterocycles. The molecule has 24 heavy (non-hydrogen) atoms. The highest BCUT2D eigenvalue weighted by Crippen LogP contribution is 2.41. The molecular formula is C16H15Cl2N3O3. The minimum absolute atomic E-state index is 0.0132. The molecule has 1 saturated heterocycles. The minimum atomic E-state index is -1.07. The van der Waals surface area contributed by atoms with Crippen LogP contribution in [0.1, 0.15) is 19.1 Å². The topological polar surface area (TPSA) is 62.3 Å². The Kier molecular flexibility index (Phi) is 4.00. The number of rotatable bonds is 4. The second kappa shape index (κ2) is 6.04. The van der Waals surface area contributed by atoms with Crippen LogP contribution in [0, 0.1) is 0 Å². The first kappa shape index (κ1) is 15.9. The summed E-state index contributed by atoms with van der Waals surface area (Å²) in [7, 11) is 0. The summed E-state index contributed by atoms with van der Waals surface area (Å²) in [4.78, 5) is 3.97. The highest BCUT2D eigenvalue weighted by Gasteiger charge is 2.46. The molecule has 126 valence electrons. The summed E-state index contributed by atoms with van der Waals surface area (Å²) in [5.74, 6) is -0.531. The Bertz CT molecular complexity index is 865. The van der Waals surface area contributed by atoms with Gasteiger partial charge < -0.3 is 13.9 Å². The normalized spacial score (nSPS) is 24.0. The first-order valence-corrected chi connectivity index (χ1v) is 8.38. The van der Waals surface area contributed by atoms with E-state index in [0.717, 1.165) is 11.8 Å². The minimum Gasteiger partial charge on any atom is -0.454 e. The standard InChI is InChI=1S/C16H15Cl2N3O3/c1-2-12-6-22-16(24-12,7-21-9-19-8-20-21)14-4-10-3-11(17)5-13(18)15(10)23-14/h3-5,8-9,12H,2,6-7H2,1H3/t12-,16-/m1/s1. The molecule has 1 aromatic carbocycles. The maximum absolute atomic E-state index is 6.24. The number of hydrogen-bond acceptors (Lipinski definition) is 5. The van der Waals surface area contributed by atoms with Crippen LogP contribution in [0.25, 0.3) is 11.0 Å². The monoisotopic (exact) mass is 367 g/mol. The zero-order valence-corrected chi connectivity index (χ0v) is 14.4. The van der Waals surface area contributed by atoms with Crippen LogP contribution in [0.5, 0.6) is 0 Å². The van der Waals surface area contributed by atoms with Gasteiger partial charge in [-0.1, -0.05) is 30.1 Å². The molecule has 1 fully saturated rings. The number of benzene rings is 1. The Morgan fingerprint density at radius 3 is 2.92 bits per heavy atom. The maximum Gasteiger partial charge on any atom is 0.249 e. The Labute approximate surface area is 148 Å². The number of nitrogens with zero attached hydrogens (tertiary/aromatic N) is 3. The van der Waals surface area contributed by atoms with Gasteiger partial charge in [-0.3, -0.25) is 0 Å². The lowest BCUT2D eigenvalue weighted by Gasteiger charge is -2.25. The lowest BCUT2D eigenvalue weighted by molar-refractivity contribution is -0.199. The van der Waals surface area contributed by atoms with Crippen LogP contribution >= 0.6 is 23.2 Å². The Hall–Kier alpha value is -1.60. The van der Waals surface area contributed by atoms with E-state index in [2.05, 4.69) is 17.0 Å². The molecule has 4 rings (SSSR count). The van der Waals surface area contributed by atoms with Crippen LogP contribution < -0.4 is 0 Å². The average molecular weight is 368 g/mol. The summed E-state index contributed by atoms with van der Waals surface area (Å²) in [6, 6.07) is 5.29. The van der Waals surface area contributed by atoms with Gasteiger partial charge in [-0.2, -0.15) is 5.10 Å². The molecule has 0 spiro atoms. The largest absolute Gasteiger partial charge is 0.454 e. The van der Waals surface area contributed by atoms with E-state index >= 15 is 0 Å². The van der Waals surface area contributed by atoms with Gasteiger partial charge in [0.15, 0.2) is 11.3 Å². The number of furan rings is 1. The Morgan fingerprint density at radius 1 is 1.33 bits per heavy atom. The zero-order valence-electron chi connectivity index (χ0n) is 12.9. The predicted molar refractivity (Wildman–Crippen MR) is 89.1 cm³/mol. The second-order valence-corrected chi connectivity index (χ2v) is 6.57. The van der Waals surface area contributed by atoms with E-state index in [0.29, 0.717) is 34.5 Å². The molecule has 2 atom stereocenters. The molecule has 0 radical (unpaired) electrons. The fraction of sp³-hybridized carbons (Fsp3) is 0.375. The third-order valence-corrected chi connectivity index (χ3v) is 4.56. The first-order valence-electron chi connectivity index (χ1n) is 7.63. The van der Waals surface area contributed by atoms with Crippen LogP contribution in [0.15, 0.2) is 35.3 Å². The van der Waals surface area contributed by atoms with E-state index < -0.39 is 5.79 Å². The van der Waals surface area contributed by atoms with Crippen LogP contribution in [0.3, 0.4) is 0 Å². The van der Waals surface area contributed by atoms with Crippen molar-refractivity contribution >= 4 is 34.2 Å². The third kappa shape index (κ3) is 2.69. The summed E-state index contributed by atoms with van der Waals surface area (Å²) < 4.78 is 19.8. The quantitative estimate of drug-likeness (QED) is 0.696. The molecule has 0 saturated carbocycles. The first-order chi connectivity index (χ1) is 11.6. The molecule has 0 unspecified atom stereocenters. The van der Waals surface area contributed by atoms with Crippen molar-refractivity contribution in [1.29, 1.82) is 0 Å². The molecule has 1 aliphatic heterocycles. The van der Waals surface area contributed by atoms with E-state index in [1.807, 2.05) is 6.07 Å². The van der Waals surface area contributed by atoms with Crippen LogP contribution in [-0.2, 0) is 21.8 Å². The molecule has 8 heteroatoms. The number of ether oxygens (including phenoxy) is 2. The summed E-state index contributed by atoms with van der Waals surface area (Å²) in [5, 5.41) is 5.94. The fourth-order valence-corrected chi connectivity index (χ4v) is 3.39. The molecule has 0 amide bonds. The molecule has 0 aliphatic carbocycles. The van der Waals surface area contributed by atoms with E-state index in [4.69, 9.17) is 37.1 Å². The fourth-order valence-electron chi connectivity index (χ4n) is 2.85. The molecule has 0 N–H and O–H groups in total. The highest BCUT2D eigenvalue weighted by atomic mass is 35.5. The molecule has 0 bridgehead atoms. The van der Waals surface area contributed by atoms with Gasteiger partial charge in [0, 0.05) is 10.4 Å². The lowest BCUT2D eigenvalue weighted by atomic mass is 10.2. The van der Waals surface area contributed by atoms with Crippen LogP contribution in [0.2, 0.25) is 10.0 Å². The second-order valence-electron chi connectivity index (χ2n) is 5.72. The highest BCUT2D eigenvalue weighted by molar-refractivity contribution is 6.38. The van der Waals surface area contributed by atoms with Gasteiger partial charge in [0.2, 0.25) is 5.79 Å². The van der Waals surface area contributed by atoms with Gasteiger partial charge in [0.25, 0.3) is 0 Å². The number of hydrogen-bond donors (Lipinski definition) is 0. The molecule has 6 nitrogen and oxygen atoms in total. The van der Waals surface area contributed by atoms with E-state index in [1.54, 1.807) is 23.1 Å². The van der Waals surface area contributed by atoms with Gasteiger partial charge >= 0.3 is 0 Å². The van der Waals surface area contributed by atoms with Crippen LogP contribution in [-0.4, -0.2) is 27.5 Å². The summed E-state index contributed by atoms with van der Waals surface area (Å²) in [6.45, 7) is 2.86. The van der Waals surface area contributed by atoms with Crippen molar-refractivity contribution in [3.8, 4) is 0 Å². The summed E-state index contributed by atoms with van der Waals surface area (Å²) >= 11 is 12.3. The molecular weight excluding hydrogens is 353 g/mol. The van der Waals surface area contributed by atoms with Gasteiger partial charge in [0.05, 0.1) is 17.7 Å². The number of fused-ring (bicyclic) bond motifs is 1. The van der Waals surface area contributed by atoms with E-state index in [9.17, 15) is 0 Å². The lowest BCUT2D eigenvalue weighted by Crippen LogP contribution is -2.33. The van der Waals surface area contributed by atoms with Gasteiger partial charge in [-0.15, -0.1) is 0 Å². The SMILES string of the molecule is CC[C@@H]1CO[C@@](Cn2cncn2)(c2cc3cc(Cl)cc(Cl)c3o2)O1. The molecule has 3 aromatic rings. The smallest absolute Gasteiger partial charge is 0.249 e. The zero-order chi connectivity index (χ0) is 16.7. The van der Waals surface area contributed by atoms with Crippen molar-refractivity contribution in [1.82, 2.24) is 14.8 Å². The van der Waals surface area contributed by atoms with Crippen LogP contribution in [0.4, 0.5) is 0 Å². The maximum atomic E-state index is 6.24. The van der Waals surface area contributed by atoms with Crippen molar-refractivity contribution in [3.63, 3.8) is 0 Å². The predicted octanol–water partition coefficient (Wildman–Crippen LogP) is 4.01. The number of aromatic nitrogens is 3. The average Bonchev–Trinajstić information content (AvgIpc) is 3.26. The number of halogens is 2. The van der Waals surface area contributed by atoms with E-state index in [-0.39, 0.29) is 6.10 Å². The van der Waals surface area contributed by atoms with Crippen molar-refractivity contribution in [2.75, 3.05) is 6.61 Å². The van der Waals surface area contributed by atoms with Gasteiger partial charge in [0.1, 0.15) is 19.2 Å². The molecule has 1 aliphatic rings. The van der Waals surface area contributed by atoms with Gasteiger partial charge in [-0.25, -0.2) is 9.67 Å². The summed E-state index contributed by atoms with van der Waals surface area (Å²) in [6.07, 6.45) is 3.90. The van der Waals surface area contributed by atoms with Crippen molar-refractivity contribution in [2.24, 2.45) is 0 Å². The molecule has 2 aromatic heterocycles. The summed E-state index contributed by atoms with van der Waals surface area (Å²) in [5.41, 5.74) is 0.557. The van der Waals surface area contributed by atoms with Crippen molar-refractivity contribution in [3.05, 3.63) is 46.7 Å². The van der Waals surface area contributed by atoms with Crippen molar-refractivity contribution in [2.45, 2.75) is 31.8 Å². The van der Waals surface area contributed by atoms with Gasteiger partial charge in [-0.05, 0) is 24.6 Å². The van der Waals surface area contributed by atoms with E-state index in [1.165, 1.54) is 6.33 Å². The Morgan fingerprint density at radius 2 is 2.21 bits per heavy atom. The Balaban J connectivity index is 1.80.